The number of hydrogen-bond donors (Lipinski definition) is 0. The summed E-state index contributed by atoms with van der Waals surface area (Å²) in [6.07, 6.45) is 0. The summed E-state index contributed by atoms with van der Waals surface area (Å²) in [6, 6.07) is 12.4. The molecule has 0 radical (unpaired) electrons. The van der Waals surface area contributed by atoms with Crippen molar-refractivity contribution >= 4 is 45.6 Å². The first kappa shape index (κ1) is 13.4. The van der Waals surface area contributed by atoms with Gasteiger partial charge in [-0.25, -0.2) is 0 Å². The van der Waals surface area contributed by atoms with Crippen LogP contribution < -0.4 is 4.74 Å². The molecule has 0 aliphatic heterocycles. The summed E-state index contributed by atoms with van der Waals surface area (Å²) in [5.74, 6) is 0.798. The third-order valence-electron chi connectivity index (χ3n) is 2.71. The van der Waals surface area contributed by atoms with Crippen molar-refractivity contribution in [3.05, 3.63) is 57.7 Å². The first-order valence-electron chi connectivity index (χ1n) is 5.69. The van der Waals surface area contributed by atoms with E-state index in [1.807, 2.05) is 24.3 Å². The second-order valence-corrected chi connectivity index (χ2v) is 5.22. The van der Waals surface area contributed by atoms with Crippen LogP contribution in [0.5, 0.6) is 11.6 Å². The molecule has 0 bridgehead atoms. The van der Waals surface area contributed by atoms with E-state index in [1.165, 1.54) is 0 Å². The highest BCUT2D eigenvalue weighted by Gasteiger charge is 2.11. The molecule has 100 valence electrons. The molecule has 0 aliphatic carbocycles. The normalized spacial score (nSPS) is 10.8. The first-order chi connectivity index (χ1) is 9.65. The topological polar surface area (TPSA) is 35.0 Å². The fraction of sp³-hybridized carbons (Fsp3) is 0. The predicted molar refractivity (Wildman–Crippen MR) is 81.1 cm³/mol. The summed E-state index contributed by atoms with van der Waals surface area (Å²) >= 11 is 17.9. The predicted octanol–water partition coefficient (Wildman–Crippen LogP) is 5.38. The zero-order chi connectivity index (χ0) is 14.1. The molecule has 0 fully saturated rings. The van der Waals surface area contributed by atoms with Crippen molar-refractivity contribution in [2.75, 3.05) is 0 Å². The Labute approximate surface area is 130 Å². The highest BCUT2D eigenvalue weighted by molar-refractivity contribution is 6.35. The number of benzene rings is 2. The van der Waals surface area contributed by atoms with E-state index < -0.39 is 0 Å². The smallest absolute Gasteiger partial charge is 0.246 e. The molecule has 0 saturated carbocycles. The minimum atomic E-state index is 0.329. The maximum absolute atomic E-state index is 6.08. The van der Waals surface area contributed by atoms with Gasteiger partial charge in [-0.2, -0.15) is 0 Å². The van der Waals surface area contributed by atoms with E-state index in [0.29, 0.717) is 26.8 Å². The highest BCUT2D eigenvalue weighted by Crippen LogP contribution is 2.34. The summed E-state index contributed by atoms with van der Waals surface area (Å²) in [5, 5.41) is 10.6. The highest BCUT2D eigenvalue weighted by atomic mass is 35.5. The zero-order valence-electron chi connectivity index (χ0n) is 9.98. The minimum absolute atomic E-state index is 0.329. The van der Waals surface area contributed by atoms with Crippen molar-refractivity contribution in [1.82, 2.24) is 10.2 Å². The number of hydrogen-bond acceptors (Lipinski definition) is 3. The lowest BCUT2D eigenvalue weighted by Gasteiger charge is -2.09. The lowest BCUT2D eigenvalue weighted by molar-refractivity contribution is 0.462. The number of nitrogens with zero attached hydrogens (tertiary/aromatic N) is 2. The van der Waals surface area contributed by atoms with Gasteiger partial charge in [-0.3, -0.25) is 0 Å². The van der Waals surface area contributed by atoms with E-state index in [1.54, 1.807) is 18.2 Å². The fourth-order valence-corrected chi connectivity index (χ4v) is 2.43. The third-order valence-corrected chi connectivity index (χ3v) is 3.52. The van der Waals surface area contributed by atoms with Gasteiger partial charge >= 0.3 is 0 Å². The van der Waals surface area contributed by atoms with Crippen molar-refractivity contribution < 1.29 is 4.74 Å². The molecule has 0 saturated heterocycles. The Bertz CT molecular complexity index is 792. The van der Waals surface area contributed by atoms with E-state index >= 15 is 0 Å². The van der Waals surface area contributed by atoms with E-state index in [0.717, 1.165) is 10.8 Å². The maximum atomic E-state index is 6.08. The van der Waals surface area contributed by atoms with Gasteiger partial charge in [-0.15, -0.1) is 10.2 Å². The van der Waals surface area contributed by atoms with Crippen LogP contribution in [0.15, 0.2) is 42.5 Å². The van der Waals surface area contributed by atoms with E-state index in [2.05, 4.69) is 10.2 Å². The Balaban J connectivity index is 2.09. The van der Waals surface area contributed by atoms with Crippen LogP contribution in [-0.4, -0.2) is 10.2 Å². The third kappa shape index (κ3) is 2.52. The fourth-order valence-electron chi connectivity index (χ4n) is 1.78. The quantitative estimate of drug-likeness (QED) is 0.634. The minimum Gasteiger partial charge on any atom is -0.435 e. The monoisotopic (exact) mass is 324 g/mol. The van der Waals surface area contributed by atoms with Gasteiger partial charge in [-0.05, 0) is 24.3 Å². The van der Waals surface area contributed by atoms with Crippen molar-refractivity contribution in [3.63, 3.8) is 0 Å². The van der Waals surface area contributed by atoms with Gasteiger partial charge in [0.05, 0.1) is 5.02 Å². The molecule has 0 N–H and O–H groups in total. The molecule has 20 heavy (non-hydrogen) atoms. The molecule has 0 atom stereocenters. The van der Waals surface area contributed by atoms with E-state index in [4.69, 9.17) is 39.5 Å². The van der Waals surface area contributed by atoms with Crippen LogP contribution in [0.4, 0.5) is 0 Å². The number of fused-ring (bicyclic) bond motifs is 1. The number of aromatic nitrogens is 2. The maximum Gasteiger partial charge on any atom is 0.246 e. The number of rotatable bonds is 2. The second-order valence-electron chi connectivity index (χ2n) is 4.02. The van der Waals surface area contributed by atoms with Gasteiger partial charge in [0.2, 0.25) is 5.88 Å². The molecule has 0 unspecified atom stereocenters. The van der Waals surface area contributed by atoms with Crippen molar-refractivity contribution in [3.8, 4) is 11.6 Å². The molecule has 0 spiro atoms. The molecule has 1 aromatic heterocycles. The largest absolute Gasteiger partial charge is 0.435 e. The SMILES string of the molecule is Clc1ccc(Oc2nnc(Cl)c3ccccc23)c(Cl)c1. The summed E-state index contributed by atoms with van der Waals surface area (Å²) in [5.41, 5.74) is 0. The second kappa shape index (κ2) is 5.44. The molecule has 1 heterocycles. The van der Waals surface area contributed by atoms with Gasteiger partial charge < -0.3 is 4.74 Å². The van der Waals surface area contributed by atoms with Crippen LogP contribution >= 0.6 is 34.8 Å². The Morgan fingerprint density at radius 2 is 1.60 bits per heavy atom. The Morgan fingerprint density at radius 3 is 2.35 bits per heavy atom. The van der Waals surface area contributed by atoms with Crippen LogP contribution in [0.25, 0.3) is 10.8 Å². The first-order valence-corrected chi connectivity index (χ1v) is 6.82. The van der Waals surface area contributed by atoms with Crippen LogP contribution in [0.3, 0.4) is 0 Å². The van der Waals surface area contributed by atoms with Crippen LogP contribution in [0.2, 0.25) is 15.2 Å². The lowest BCUT2D eigenvalue weighted by Crippen LogP contribution is -1.93. The van der Waals surface area contributed by atoms with Crippen LogP contribution in [0.1, 0.15) is 0 Å². The molecule has 3 rings (SSSR count). The molecular weight excluding hydrogens is 319 g/mol. The molecule has 6 heteroatoms. The molecule has 0 amide bonds. The Morgan fingerprint density at radius 1 is 0.850 bits per heavy atom. The summed E-state index contributed by atoms with van der Waals surface area (Å²) in [6.45, 7) is 0. The molecule has 3 nitrogen and oxygen atoms in total. The lowest BCUT2D eigenvalue weighted by atomic mass is 10.2. The molecule has 0 aliphatic rings. The summed E-state index contributed by atoms with van der Waals surface area (Å²) in [4.78, 5) is 0. The van der Waals surface area contributed by atoms with Gasteiger partial charge in [0.15, 0.2) is 5.15 Å². The van der Waals surface area contributed by atoms with Crippen LogP contribution in [0, 0.1) is 0 Å². The van der Waals surface area contributed by atoms with Crippen molar-refractivity contribution in [2.45, 2.75) is 0 Å². The van der Waals surface area contributed by atoms with Crippen LogP contribution in [-0.2, 0) is 0 Å². The van der Waals surface area contributed by atoms with Crippen molar-refractivity contribution in [2.24, 2.45) is 0 Å². The molecule has 3 aromatic rings. The van der Waals surface area contributed by atoms with Gasteiger partial charge in [0.25, 0.3) is 0 Å². The number of ether oxygens (including phenoxy) is 1. The Kier molecular flexibility index (Phi) is 3.66. The van der Waals surface area contributed by atoms with E-state index in [9.17, 15) is 0 Å². The number of halogens is 3. The molecule has 2 aromatic carbocycles. The van der Waals surface area contributed by atoms with Gasteiger partial charge in [0.1, 0.15) is 5.75 Å². The average Bonchev–Trinajstić information content (AvgIpc) is 2.45. The van der Waals surface area contributed by atoms with Crippen molar-refractivity contribution in [1.29, 1.82) is 0 Å². The Hall–Kier alpha value is -1.55. The van der Waals surface area contributed by atoms with Gasteiger partial charge in [0, 0.05) is 15.8 Å². The summed E-state index contributed by atoms with van der Waals surface area (Å²) in [7, 11) is 0. The summed E-state index contributed by atoms with van der Waals surface area (Å²) < 4.78 is 5.71. The zero-order valence-corrected chi connectivity index (χ0v) is 12.2. The van der Waals surface area contributed by atoms with E-state index in [-0.39, 0.29) is 0 Å². The molecular formula is C14H7Cl3N2O. The van der Waals surface area contributed by atoms with Gasteiger partial charge in [-0.1, -0.05) is 53.0 Å². The average molecular weight is 326 g/mol. The standard InChI is InChI=1S/C14H7Cl3N2O/c15-8-5-6-12(11(16)7-8)20-14-10-4-2-1-3-9(10)13(17)18-19-14/h1-7H.